The molecule has 0 bridgehead atoms. The van der Waals surface area contributed by atoms with E-state index in [2.05, 4.69) is 15.0 Å². The number of carbonyl (C=O) groups excluding carboxylic acids is 1. The molecule has 1 aromatic carbocycles. The normalized spacial score (nSPS) is 25.4. The van der Waals surface area contributed by atoms with Crippen molar-refractivity contribution in [2.45, 2.75) is 39.3 Å². The molecule has 2 saturated heterocycles. The molecule has 0 aliphatic carbocycles. The van der Waals surface area contributed by atoms with Crippen LogP contribution in [0.4, 0.5) is 4.39 Å². The lowest BCUT2D eigenvalue weighted by Crippen LogP contribution is -2.34. The first-order valence-corrected chi connectivity index (χ1v) is 9.50. The minimum Gasteiger partial charge on any atom is -0.338 e. The molecule has 4 rings (SSSR count). The van der Waals surface area contributed by atoms with Gasteiger partial charge in [-0.15, -0.1) is 0 Å². The molecule has 0 spiro atoms. The Bertz CT molecular complexity index is 837. The Morgan fingerprint density at radius 2 is 2.15 bits per heavy atom. The summed E-state index contributed by atoms with van der Waals surface area (Å²) in [5.74, 6) is 2.03. The predicted molar refractivity (Wildman–Crippen MR) is 97.2 cm³/mol. The third kappa shape index (κ3) is 3.48. The van der Waals surface area contributed by atoms with Gasteiger partial charge in [0.2, 0.25) is 11.8 Å². The fourth-order valence-electron chi connectivity index (χ4n) is 4.47. The van der Waals surface area contributed by atoms with E-state index in [1.165, 1.54) is 6.07 Å². The molecule has 0 radical (unpaired) electrons. The second-order valence-corrected chi connectivity index (χ2v) is 7.99. The molecule has 2 aromatic rings. The van der Waals surface area contributed by atoms with E-state index in [1.54, 1.807) is 19.1 Å². The first-order valence-electron chi connectivity index (χ1n) is 9.50. The Hall–Kier alpha value is -2.28. The minimum absolute atomic E-state index is 0.0451. The fraction of sp³-hybridized carbons (Fsp3) is 0.550. The molecule has 2 aliphatic heterocycles. The van der Waals surface area contributed by atoms with Gasteiger partial charge < -0.3 is 9.42 Å². The van der Waals surface area contributed by atoms with Crippen molar-refractivity contribution in [1.29, 1.82) is 0 Å². The number of fused-ring (bicyclic) bond motifs is 1. The number of hydrogen-bond acceptors (Lipinski definition) is 5. The third-order valence-electron chi connectivity index (χ3n) is 5.69. The average molecular weight is 372 g/mol. The van der Waals surface area contributed by atoms with E-state index in [0.29, 0.717) is 24.9 Å². The number of nitrogens with zero attached hydrogens (tertiary/aromatic N) is 4. The summed E-state index contributed by atoms with van der Waals surface area (Å²) < 4.78 is 19.2. The van der Waals surface area contributed by atoms with Crippen molar-refractivity contribution in [1.82, 2.24) is 19.9 Å². The Labute approximate surface area is 158 Å². The Balaban J connectivity index is 1.52. The monoisotopic (exact) mass is 372 g/mol. The second kappa shape index (κ2) is 7.03. The van der Waals surface area contributed by atoms with Gasteiger partial charge in [0.15, 0.2) is 5.82 Å². The van der Waals surface area contributed by atoms with Gasteiger partial charge in [0.05, 0.1) is 12.6 Å². The van der Waals surface area contributed by atoms with Crippen LogP contribution in [0.2, 0.25) is 0 Å². The summed E-state index contributed by atoms with van der Waals surface area (Å²) in [6.07, 6.45) is 0. The van der Waals surface area contributed by atoms with E-state index < -0.39 is 0 Å². The first-order chi connectivity index (χ1) is 12.9. The van der Waals surface area contributed by atoms with Crippen LogP contribution in [-0.4, -0.2) is 45.5 Å². The highest BCUT2D eigenvalue weighted by Crippen LogP contribution is 2.45. The fourth-order valence-corrected chi connectivity index (χ4v) is 4.47. The average Bonchev–Trinajstić information content (AvgIpc) is 3.29. The summed E-state index contributed by atoms with van der Waals surface area (Å²) in [6, 6.07) is 6.55. The van der Waals surface area contributed by atoms with Gasteiger partial charge in [-0.1, -0.05) is 31.1 Å². The molecule has 7 heteroatoms. The quantitative estimate of drug-likeness (QED) is 0.826. The van der Waals surface area contributed by atoms with Crippen LogP contribution in [0.3, 0.4) is 0 Å². The molecule has 27 heavy (non-hydrogen) atoms. The zero-order chi connectivity index (χ0) is 19.1. The lowest BCUT2D eigenvalue weighted by molar-refractivity contribution is -0.130. The smallest absolute Gasteiger partial charge is 0.240 e. The van der Waals surface area contributed by atoms with Gasteiger partial charge in [0.1, 0.15) is 5.82 Å². The van der Waals surface area contributed by atoms with E-state index >= 15 is 0 Å². The maximum Gasteiger partial charge on any atom is 0.240 e. The summed E-state index contributed by atoms with van der Waals surface area (Å²) in [5.41, 5.74) is 0.874. The molecular weight excluding hydrogens is 347 g/mol. The highest BCUT2D eigenvalue weighted by molar-refractivity contribution is 5.74. The van der Waals surface area contributed by atoms with Crippen molar-refractivity contribution in [3.63, 3.8) is 0 Å². The highest BCUT2D eigenvalue weighted by Gasteiger charge is 2.48. The topological polar surface area (TPSA) is 62.5 Å². The first kappa shape index (κ1) is 18.1. The van der Waals surface area contributed by atoms with Crippen LogP contribution in [0.1, 0.15) is 50.0 Å². The van der Waals surface area contributed by atoms with Crippen LogP contribution in [0, 0.1) is 17.7 Å². The molecule has 0 saturated carbocycles. The highest BCUT2D eigenvalue weighted by atomic mass is 19.1. The van der Waals surface area contributed by atoms with Gasteiger partial charge >= 0.3 is 0 Å². The van der Waals surface area contributed by atoms with Crippen LogP contribution in [-0.2, 0) is 11.3 Å². The molecule has 6 nitrogen and oxygen atoms in total. The number of likely N-dealkylation sites (tertiary alicyclic amines) is 2. The van der Waals surface area contributed by atoms with Crippen LogP contribution in [0.15, 0.2) is 28.8 Å². The van der Waals surface area contributed by atoms with Gasteiger partial charge in [-0.05, 0) is 23.6 Å². The van der Waals surface area contributed by atoms with Crippen molar-refractivity contribution < 1.29 is 13.7 Å². The Kier molecular flexibility index (Phi) is 4.72. The number of hydrogen-bond donors (Lipinski definition) is 0. The molecule has 0 unspecified atom stereocenters. The number of halogens is 1. The Morgan fingerprint density at radius 1 is 1.33 bits per heavy atom. The van der Waals surface area contributed by atoms with Crippen molar-refractivity contribution >= 4 is 5.91 Å². The number of aromatic nitrogens is 2. The van der Waals surface area contributed by atoms with Gasteiger partial charge in [0, 0.05) is 38.4 Å². The predicted octanol–water partition coefficient (Wildman–Crippen LogP) is 2.98. The van der Waals surface area contributed by atoms with E-state index in [4.69, 9.17) is 4.52 Å². The summed E-state index contributed by atoms with van der Waals surface area (Å²) in [7, 11) is 0. The van der Waals surface area contributed by atoms with Crippen LogP contribution in [0.5, 0.6) is 0 Å². The van der Waals surface area contributed by atoms with Crippen LogP contribution < -0.4 is 0 Å². The van der Waals surface area contributed by atoms with E-state index in [9.17, 15) is 9.18 Å². The molecule has 1 amide bonds. The van der Waals surface area contributed by atoms with Crippen LogP contribution >= 0.6 is 0 Å². The summed E-state index contributed by atoms with van der Waals surface area (Å²) >= 11 is 0. The minimum atomic E-state index is -0.263. The number of amides is 1. The molecule has 2 fully saturated rings. The van der Waals surface area contributed by atoms with E-state index in [-0.39, 0.29) is 29.6 Å². The SMILES string of the molecule is CC(=O)N1C[C@H]2CN(Cc3nc(C(C)C)no3)C[C@H]2[C@H]1c1cccc(F)c1. The standard InChI is InChI=1S/C20H25FN4O2/c1-12(2)20-22-18(27-23-20)11-24-8-15-9-25(13(3)26)19(17(15)10-24)14-5-4-6-16(21)7-14/h4-7,12,15,17,19H,8-11H2,1-3H3/t15-,17-,19-/m1/s1. The van der Waals surface area contributed by atoms with Gasteiger partial charge in [0.25, 0.3) is 0 Å². The van der Waals surface area contributed by atoms with Crippen LogP contribution in [0.25, 0.3) is 0 Å². The number of rotatable bonds is 4. The van der Waals surface area contributed by atoms with Crippen molar-refractivity contribution in [2.75, 3.05) is 19.6 Å². The molecule has 1 aromatic heterocycles. The molecule has 3 heterocycles. The van der Waals surface area contributed by atoms with E-state index in [0.717, 1.165) is 24.5 Å². The van der Waals surface area contributed by atoms with Gasteiger partial charge in [-0.2, -0.15) is 4.98 Å². The van der Waals surface area contributed by atoms with Crippen molar-refractivity contribution in [3.05, 3.63) is 47.4 Å². The molecule has 144 valence electrons. The lowest BCUT2D eigenvalue weighted by Gasteiger charge is -2.29. The summed E-state index contributed by atoms with van der Waals surface area (Å²) in [6.45, 7) is 8.69. The molecule has 0 N–H and O–H groups in total. The largest absolute Gasteiger partial charge is 0.338 e. The lowest BCUT2D eigenvalue weighted by atomic mass is 9.89. The maximum atomic E-state index is 13.8. The van der Waals surface area contributed by atoms with E-state index in [1.807, 2.05) is 24.8 Å². The number of benzene rings is 1. The Morgan fingerprint density at radius 3 is 2.81 bits per heavy atom. The number of carbonyl (C=O) groups is 1. The summed E-state index contributed by atoms with van der Waals surface area (Å²) in [5, 5.41) is 4.03. The maximum absolute atomic E-state index is 13.8. The van der Waals surface area contributed by atoms with Crippen molar-refractivity contribution in [3.8, 4) is 0 Å². The van der Waals surface area contributed by atoms with Gasteiger partial charge in [-0.3, -0.25) is 9.69 Å². The summed E-state index contributed by atoms with van der Waals surface area (Å²) in [4.78, 5) is 20.8. The third-order valence-corrected chi connectivity index (χ3v) is 5.69. The molecule has 3 atom stereocenters. The zero-order valence-corrected chi connectivity index (χ0v) is 15.9. The molecular formula is C20H25FN4O2. The zero-order valence-electron chi connectivity index (χ0n) is 15.9. The molecule has 2 aliphatic rings. The second-order valence-electron chi connectivity index (χ2n) is 7.99. The van der Waals surface area contributed by atoms with Crippen molar-refractivity contribution in [2.24, 2.45) is 11.8 Å². The van der Waals surface area contributed by atoms with Gasteiger partial charge in [-0.25, -0.2) is 4.39 Å².